The Bertz CT molecular complexity index is 519. The molecule has 0 aromatic carbocycles. The van der Waals surface area contributed by atoms with Gasteiger partial charge in [0, 0.05) is 19.9 Å². The third kappa shape index (κ3) is 6.61. The summed E-state index contributed by atoms with van der Waals surface area (Å²) in [6.07, 6.45) is -4.05. The number of hydrogen-bond acceptors (Lipinski definition) is 4. The maximum absolute atomic E-state index is 12.5. The van der Waals surface area contributed by atoms with E-state index >= 15 is 0 Å². The van der Waals surface area contributed by atoms with Gasteiger partial charge in [-0.3, -0.25) is 9.59 Å². The van der Waals surface area contributed by atoms with E-state index in [0.717, 1.165) is 0 Å². The van der Waals surface area contributed by atoms with Gasteiger partial charge in [-0.25, -0.2) is 0 Å². The molecule has 0 atom stereocenters. The molecule has 1 amide bonds. The predicted octanol–water partition coefficient (Wildman–Crippen LogP) is 0.990. The Labute approximate surface area is 124 Å². The van der Waals surface area contributed by atoms with Crippen LogP contribution in [0.2, 0.25) is 0 Å². The Hall–Kier alpha value is -1.58. The largest absolute Gasteiger partial charge is 0.417 e. The van der Waals surface area contributed by atoms with Crippen LogP contribution in [0.4, 0.5) is 18.9 Å². The minimum absolute atomic E-state index is 0. The van der Waals surface area contributed by atoms with Crippen molar-refractivity contribution >= 4 is 24.0 Å². The van der Waals surface area contributed by atoms with Gasteiger partial charge < -0.3 is 20.4 Å². The second kappa shape index (κ2) is 8.65. The second-order valence-corrected chi connectivity index (χ2v) is 3.85. The van der Waals surface area contributed by atoms with E-state index in [4.69, 9.17) is 4.74 Å². The summed E-state index contributed by atoms with van der Waals surface area (Å²) in [5.74, 6) is -0.620. The first kappa shape index (κ1) is 19.4. The molecule has 120 valence electrons. The number of methoxy groups -OCH3 is 1. The second-order valence-electron chi connectivity index (χ2n) is 3.85. The van der Waals surface area contributed by atoms with Crippen molar-refractivity contribution in [2.75, 3.05) is 32.1 Å². The maximum Gasteiger partial charge on any atom is 0.417 e. The lowest BCUT2D eigenvalue weighted by Gasteiger charge is -2.09. The highest BCUT2D eigenvalue weighted by molar-refractivity contribution is 5.92. The van der Waals surface area contributed by atoms with Crippen LogP contribution in [0.1, 0.15) is 5.56 Å². The van der Waals surface area contributed by atoms with E-state index < -0.39 is 28.9 Å². The van der Waals surface area contributed by atoms with Crippen molar-refractivity contribution < 1.29 is 22.7 Å². The first-order valence-corrected chi connectivity index (χ1v) is 5.64. The van der Waals surface area contributed by atoms with Crippen molar-refractivity contribution in [1.29, 1.82) is 0 Å². The molecule has 10 heteroatoms. The molecule has 1 aromatic rings. The quantitative estimate of drug-likeness (QED) is 0.680. The molecule has 6 nitrogen and oxygen atoms in total. The molecule has 21 heavy (non-hydrogen) atoms. The van der Waals surface area contributed by atoms with Crippen molar-refractivity contribution in [3.8, 4) is 0 Å². The number of hydrogen-bond donors (Lipinski definition) is 3. The third-order valence-electron chi connectivity index (χ3n) is 2.27. The molecule has 0 saturated carbocycles. The van der Waals surface area contributed by atoms with E-state index in [1.54, 1.807) is 0 Å². The zero-order valence-electron chi connectivity index (χ0n) is 11.0. The summed E-state index contributed by atoms with van der Waals surface area (Å²) in [4.78, 5) is 24.7. The van der Waals surface area contributed by atoms with Crippen molar-refractivity contribution in [2.24, 2.45) is 0 Å². The van der Waals surface area contributed by atoms with Crippen LogP contribution in [0.3, 0.4) is 0 Å². The lowest BCUT2D eigenvalue weighted by atomic mass is 10.2. The molecule has 0 fully saturated rings. The number of aromatic amines is 1. The van der Waals surface area contributed by atoms with Gasteiger partial charge >= 0.3 is 6.18 Å². The number of rotatable bonds is 6. The molecule has 0 unspecified atom stereocenters. The van der Waals surface area contributed by atoms with E-state index in [9.17, 15) is 22.8 Å². The average Bonchev–Trinajstić information content (AvgIpc) is 2.36. The average molecular weight is 330 g/mol. The summed E-state index contributed by atoms with van der Waals surface area (Å²) in [7, 11) is 1.49. The summed E-state index contributed by atoms with van der Waals surface area (Å²) in [6.45, 7) is 0.652. The van der Waals surface area contributed by atoms with E-state index in [1.165, 1.54) is 7.11 Å². The zero-order valence-corrected chi connectivity index (χ0v) is 11.9. The van der Waals surface area contributed by atoms with Gasteiger partial charge in [0.15, 0.2) is 0 Å². The summed E-state index contributed by atoms with van der Waals surface area (Å²) >= 11 is 0. The lowest BCUT2D eigenvalue weighted by molar-refractivity contribution is -0.137. The summed E-state index contributed by atoms with van der Waals surface area (Å²) in [5, 5.41) is 4.81. The van der Waals surface area contributed by atoms with Crippen LogP contribution in [0.15, 0.2) is 17.1 Å². The van der Waals surface area contributed by atoms with Crippen LogP contribution in [0, 0.1) is 0 Å². The monoisotopic (exact) mass is 329 g/mol. The fraction of sp³-hybridized carbons (Fsp3) is 0.455. The molecule has 0 bridgehead atoms. The predicted molar refractivity (Wildman–Crippen MR) is 72.7 cm³/mol. The number of H-pyrrole nitrogens is 1. The highest BCUT2D eigenvalue weighted by atomic mass is 35.5. The SMILES string of the molecule is COCCNCC(=O)Nc1cc(C(F)(F)F)c[nH]c1=O.Cl. The van der Waals surface area contributed by atoms with Gasteiger partial charge in [0.1, 0.15) is 5.69 Å². The fourth-order valence-electron chi connectivity index (χ4n) is 1.31. The summed E-state index contributed by atoms with van der Waals surface area (Å²) in [5.41, 5.74) is -2.29. The Kier molecular flexibility index (Phi) is 8.00. The van der Waals surface area contributed by atoms with E-state index in [-0.39, 0.29) is 19.0 Å². The summed E-state index contributed by atoms with van der Waals surface area (Å²) in [6, 6.07) is 0.589. The normalized spacial score (nSPS) is 10.9. The fourth-order valence-corrected chi connectivity index (χ4v) is 1.31. The molecule has 0 aliphatic carbocycles. The zero-order chi connectivity index (χ0) is 15.2. The first-order valence-electron chi connectivity index (χ1n) is 5.64. The molecule has 0 radical (unpaired) electrons. The molecular formula is C11H15ClF3N3O3. The first-order chi connectivity index (χ1) is 9.34. The third-order valence-corrected chi connectivity index (χ3v) is 2.27. The number of ether oxygens (including phenoxy) is 1. The van der Waals surface area contributed by atoms with E-state index in [0.29, 0.717) is 25.4 Å². The van der Waals surface area contributed by atoms with Gasteiger partial charge in [0.05, 0.1) is 18.7 Å². The number of halogens is 4. The van der Waals surface area contributed by atoms with Crippen LogP contribution in [-0.2, 0) is 15.7 Å². The molecule has 0 saturated heterocycles. The number of carbonyl (C=O) groups excluding carboxylic acids is 1. The maximum atomic E-state index is 12.5. The Morgan fingerprint density at radius 3 is 2.67 bits per heavy atom. The number of aromatic nitrogens is 1. The smallest absolute Gasteiger partial charge is 0.383 e. The highest BCUT2D eigenvalue weighted by Crippen LogP contribution is 2.28. The van der Waals surface area contributed by atoms with Crippen molar-refractivity contribution in [2.45, 2.75) is 6.18 Å². The van der Waals surface area contributed by atoms with E-state index in [1.807, 2.05) is 4.98 Å². The number of pyridine rings is 1. The highest BCUT2D eigenvalue weighted by Gasteiger charge is 2.31. The minimum atomic E-state index is -4.60. The van der Waals surface area contributed by atoms with Crippen molar-refractivity contribution in [1.82, 2.24) is 10.3 Å². The molecule has 3 N–H and O–H groups in total. The van der Waals surface area contributed by atoms with E-state index in [2.05, 4.69) is 10.6 Å². The van der Waals surface area contributed by atoms with Gasteiger partial charge in [-0.05, 0) is 6.07 Å². The number of carbonyl (C=O) groups is 1. The molecule has 0 spiro atoms. The molecule has 1 heterocycles. The topological polar surface area (TPSA) is 83.2 Å². The standard InChI is InChI=1S/C11H14F3N3O3.ClH/c1-20-3-2-15-6-9(18)17-8-4-7(11(12,13)14)5-16-10(8)19;/h4-5,15H,2-3,6H2,1H3,(H,16,19)(H,17,18);1H. The Morgan fingerprint density at radius 2 is 2.10 bits per heavy atom. The van der Waals surface area contributed by atoms with Crippen molar-refractivity contribution in [3.63, 3.8) is 0 Å². The Morgan fingerprint density at radius 1 is 1.43 bits per heavy atom. The molecular weight excluding hydrogens is 315 g/mol. The van der Waals surface area contributed by atoms with Gasteiger partial charge in [0.25, 0.3) is 5.56 Å². The van der Waals surface area contributed by atoms with Crippen molar-refractivity contribution in [3.05, 3.63) is 28.2 Å². The minimum Gasteiger partial charge on any atom is -0.383 e. The van der Waals surface area contributed by atoms with Gasteiger partial charge in [-0.15, -0.1) is 12.4 Å². The molecule has 1 aromatic heterocycles. The Balaban J connectivity index is 0.00000400. The lowest BCUT2D eigenvalue weighted by Crippen LogP contribution is -2.32. The van der Waals surface area contributed by atoms with Crippen LogP contribution >= 0.6 is 12.4 Å². The van der Waals surface area contributed by atoms with Gasteiger partial charge in [-0.1, -0.05) is 0 Å². The molecule has 1 rings (SSSR count). The van der Waals surface area contributed by atoms with Crippen LogP contribution < -0.4 is 16.2 Å². The van der Waals surface area contributed by atoms with Gasteiger partial charge in [0.2, 0.25) is 5.91 Å². The number of nitrogens with one attached hydrogen (secondary N) is 3. The number of anilines is 1. The van der Waals surface area contributed by atoms with Crippen LogP contribution in [-0.4, -0.2) is 37.7 Å². The molecule has 0 aliphatic heterocycles. The van der Waals surface area contributed by atoms with Crippen LogP contribution in [0.25, 0.3) is 0 Å². The molecule has 0 aliphatic rings. The number of alkyl halides is 3. The summed E-state index contributed by atoms with van der Waals surface area (Å²) < 4.78 is 42.1. The van der Waals surface area contributed by atoms with Crippen LogP contribution in [0.5, 0.6) is 0 Å². The number of amides is 1. The van der Waals surface area contributed by atoms with Gasteiger partial charge in [-0.2, -0.15) is 13.2 Å².